The summed E-state index contributed by atoms with van der Waals surface area (Å²) in [7, 11) is 0. The van der Waals surface area contributed by atoms with Crippen LogP contribution in [0.15, 0.2) is 12.1 Å². The molecule has 0 unspecified atom stereocenters. The van der Waals surface area contributed by atoms with Crippen LogP contribution in [0.25, 0.3) is 0 Å². The van der Waals surface area contributed by atoms with Crippen LogP contribution in [0, 0.1) is 19.3 Å². The summed E-state index contributed by atoms with van der Waals surface area (Å²) in [6.45, 7) is 16.4. The van der Waals surface area contributed by atoms with Crippen molar-refractivity contribution in [2.75, 3.05) is 0 Å². The van der Waals surface area contributed by atoms with Crippen LogP contribution in [0.5, 0.6) is 0 Å². The Balaban J connectivity index is 2.70. The van der Waals surface area contributed by atoms with Crippen LogP contribution in [0.4, 0.5) is 0 Å². The summed E-state index contributed by atoms with van der Waals surface area (Å²) in [5, 5.41) is 0. The minimum absolute atomic E-state index is 0.420. The molecule has 23 heavy (non-hydrogen) atoms. The van der Waals surface area contributed by atoms with E-state index in [0.29, 0.717) is 8.84 Å². The third kappa shape index (κ3) is 7.58. The molecule has 0 aliphatic heterocycles. The minimum atomic E-state index is 0.420. The highest BCUT2D eigenvalue weighted by molar-refractivity contribution is 14.1. The van der Waals surface area contributed by atoms with Crippen LogP contribution < -0.4 is 0 Å². The molecule has 0 amide bonds. The molecule has 0 N–H and O–H groups in total. The molecule has 1 aromatic rings. The van der Waals surface area contributed by atoms with E-state index in [-0.39, 0.29) is 0 Å². The van der Waals surface area contributed by atoms with Crippen molar-refractivity contribution in [2.24, 2.45) is 5.41 Å². The Bertz CT molecular complexity index is 491. The summed E-state index contributed by atoms with van der Waals surface area (Å²) >= 11 is 2.57. The van der Waals surface area contributed by atoms with Crippen LogP contribution in [-0.2, 0) is 12.8 Å². The lowest BCUT2D eigenvalue weighted by Gasteiger charge is -2.23. The lowest BCUT2D eigenvalue weighted by Crippen LogP contribution is -2.10. The summed E-state index contributed by atoms with van der Waals surface area (Å²) in [6, 6.07) is 4.72. The van der Waals surface area contributed by atoms with Crippen LogP contribution in [0.1, 0.15) is 89.0 Å². The van der Waals surface area contributed by atoms with Gasteiger partial charge in [-0.15, -0.1) is 0 Å². The molecule has 0 aliphatic rings. The number of halogens is 1. The molecule has 0 aromatic heterocycles. The standard InChI is InChI=1S/C22H37I/c1-8-21(4,5)15-9-11-19-14-13-17(2)20(18(19)3)12-10-16-22(6,7)23/h13-14H,8-12,15-16H2,1-7H3. The summed E-state index contributed by atoms with van der Waals surface area (Å²) in [5.41, 5.74) is 6.72. The second-order valence-electron chi connectivity index (χ2n) is 8.59. The molecular weight excluding hydrogens is 391 g/mol. The first kappa shape index (κ1) is 21.0. The normalized spacial score (nSPS) is 12.7. The highest BCUT2D eigenvalue weighted by atomic mass is 127. The Morgan fingerprint density at radius 3 is 2.09 bits per heavy atom. The van der Waals surface area contributed by atoms with E-state index in [1.807, 2.05) is 0 Å². The fraction of sp³-hybridized carbons (Fsp3) is 0.727. The second kappa shape index (κ2) is 8.87. The van der Waals surface area contributed by atoms with E-state index in [4.69, 9.17) is 0 Å². The number of hydrogen-bond acceptors (Lipinski definition) is 0. The molecule has 1 rings (SSSR count). The van der Waals surface area contributed by atoms with Gasteiger partial charge in [-0.1, -0.05) is 75.8 Å². The van der Waals surface area contributed by atoms with Gasteiger partial charge in [0.15, 0.2) is 0 Å². The molecule has 0 saturated heterocycles. The van der Waals surface area contributed by atoms with E-state index >= 15 is 0 Å². The van der Waals surface area contributed by atoms with Gasteiger partial charge in [0.2, 0.25) is 0 Å². The number of benzene rings is 1. The number of alkyl halides is 1. The lowest BCUT2D eigenvalue weighted by molar-refractivity contribution is 0.313. The van der Waals surface area contributed by atoms with Gasteiger partial charge in [-0.2, -0.15) is 0 Å². The molecule has 0 saturated carbocycles. The monoisotopic (exact) mass is 428 g/mol. The summed E-state index contributed by atoms with van der Waals surface area (Å²) < 4.78 is 0.420. The van der Waals surface area contributed by atoms with Gasteiger partial charge in [0.05, 0.1) is 0 Å². The summed E-state index contributed by atoms with van der Waals surface area (Å²) in [6.07, 6.45) is 8.97. The molecule has 0 fully saturated rings. The van der Waals surface area contributed by atoms with Crippen molar-refractivity contribution in [1.29, 1.82) is 0 Å². The van der Waals surface area contributed by atoms with Gasteiger partial charge >= 0.3 is 0 Å². The zero-order valence-electron chi connectivity index (χ0n) is 16.5. The van der Waals surface area contributed by atoms with Crippen molar-refractivity contribution < 1.29 is 0 Å². The van der Waals surface area contributed by atoms with E-state index in [2.05, 4.69) is 83.2 Å². The first-order valence-electron chi connectivity index (χ1n) is 9.32. The second-order valence-corrected chi connectivity index (χ2v) is 11.5. The van der Waals surface area contributed by atoms with Gasteiger partial charge in [-0.3, -0.25) is 0 Å². The fourth-order valence-electron chi connectivity index (χ4n) is 3.22. The van der Waals surface area contributed by atoms with E-state index in [1.54, 1.807) is 16.7 Å². The van der Waals surface area contributed by atoms with Gasteiger partial charge in [-0.05, 0) is 80.0 Å². The van der Waals surface area contributed by atoms with E-state index < -0.39 is 0 Å². The largest absolute Gasteiger partial charge is 0.0795 e. The van der Waals surface area contributed by atoms with Gasteiger partial charge in [0, 0.05) is 3.42 Å². The minimum Gasteiger partial charge on any atom is -0.0795 e. The molecule has 0 aliphatic carbocycles. The maximum atomic E-state index is 2.57. The maximum absolute atomic E-state index is 2.57. The Morgan fingerprint density at radius 2 is 1.52 bits per heavy atom. The summed E-state index contributed by atoms with van der Waals surface area (Å²) in [4.78, 5) is 0. The molecule has 0 nitrogen and oxygen atoms in total. The Hall–Kier alpha value is -0.0500. The van der Waals surface area contributed by atoms with Crippen LogP contribution in [0.3, 0.4) is 0 Å². The maximum Gasteiger partial charge on any atom is 0.0166 e. The predicted molar refractivity (Wildman–Crippen MR) is 114 cm³/mol. The molecule has 0 atom stereocenters. The number of hydrogen-bond donors (Lipinski definition) is 0. The third-order valence-corrected chi connectivity index (χ3v) is 5.94. The van der Waals surface area contributed by atoms with Gasteiger partial charge in [0.1, 0.15) is 0 Å². The van der Waals surface area contributed by atoms with Gasteiger partial charge in [0.25, 0.3) is 0 Å². The third-order valence-electron chi connectivity index (χ3n) is 5.40. The van der Waals surface area contributed by atoms with Crippen LogP contribution in [-0.4, -0.2) is 3.42 Å². The average molecular weight is 428 g/mol. The summed E-state index contributed by atoms with van der Waals surface area (Å²) in [5.74, 6) is 0. The topological polar surface area (TPSA) is 0 Å². The molecule has 0 spiro atoms. The van der Waals surface area contributed by atoms with E-state index in [1.165, 1.54) is 50.5 Å². The van der Waals surface area contributed by atoms with Crippen molar-refractivity contribution >= 4 is 22.6 Å². The highest BCUT2D eigenvalue weighted by Gasteiger charge is 2.16. The first-order valence-corrected chi connectivity index (χ1v) is 10.4. The number of rotatable bonds is 9. The molecule has 0 bridgehead atoms. The molecule has 0 heterocycles. The van der Waals surface area contributed by atoms with Crippen molar-refractivity contribution in [3.63, 3.8) is 0 Å². The van der Waals surface area contributed by atoms with Gasteiger partial charge in [-0.25, -0.2) is 0 Å². The SMILES string of the molecule is CCC(C)(C)CCCc1ccc(C)c(CCCC(C)(C)I)c1C. The first-order chi connectivity index (χ1) is 10.6. The van der Waals surface area contributed by atoms with Crippen LogP contribution >= 0.6 is 22.6 Å². The fourth-order valence-corrected chi connectivity index (χ4v) is 3.60. The van der Waals surface area contributed by atoms with Crippen molar-refractivity contribution in [3.05, 3.63) is 34.4 Å². The average Bonchev–Trinajstić information content (AvgIpc) is 2.44. The lowest BCUT2D eigenvalue weighted by atomic mass is 9.83. The molecule has 1 aromatic carbocycles. The molecule has 1 heteroatoms. The Labute approximate surface area is 159 Å². The van der Waals surface area contributed by atoms with Crippen LogP contribution in [0.2, 0.25) is 0 Å². The Morgan fingerprint density at radius 1 is 0.913 bits per heavy atom. The van der Waals surface area contributed by atoms with Crippen molar-refractivity contribution in [2.45, 2.75) is 96.8 Å². The zero-order chi connectivity index (χ0) is 17.7. The van der Waals surface area contributed by atoms with Crippen molar-refractivity contribution in [1.82, 2.24) is 0 Å². The highest BCUT2D eigenvalue weighted by Crippen LogP contribution is 2.29. The van der Waals surface area contributed by atoms with E-state index in [9.17, 15) is 0 Å². The smallest absolute Gasteiger partial charge is 0.0166 e. The van der Waals surface area contributed by atoms with E-state index in [0.717, 1.165) is 0 Å². The zero-order valence-corrected chi connectivity index (χ0v) is 18.6. The quantitative estimate of drug-likeness (QED) is 0.281. The number of aryl methyl sites for hydroxylation is 2. The predicted octanol–water partition coefficient (Wildman–Crippen LogP) is 7.60. The molecular formula is C22H37I. The molecule has 132 valence electrons. The van der Waals surface area contributed by atoms with Gasteiger partial charge < -0.3 is 0 Å². The molecule has 0 radical (unpaired) electrons. The Kier molecular flexibility index (Phi) is 8.10. The van der Waals surface area contributed by atoms with Crippen molar-refractivity contribution in [3.8, 4) is 0 Å².